The second kappa shape index (κ2) is 8.40. The lowest BCUT2D eigenvalue weighted by atomic mass is 10.0. The van der Waals surface area contributed by atoms with Gasteiger partial charge in [0.15, 0.2) is 17.4 Å². The lowest BCUT2D eigenvalue weighted by Crippen LogP contribution is -2.17. The van der Waals surface area contributed by atoms with Crippen LogP contribution in [0, 0.1) is 0 Å². The molecular weight excluding hydrogens is 459 g/mol. The van der Waals surface area contributed by atoms with Gasteiger partial charge in [0.25, 0.3) is 0 Å². The fourth-order valence-electron chi connectivity index (χ4n) is 3.64. The minimum absolute atomic E-state index is 0.0154. The van der Waals surface area contributed by atoms with Crippen molar-refractivity contribution in [3.05, 3.63) is 78.1 Å². The number of hydrogen-bond donors (Lipinski definition) is 0. The molecule has 3 heterocycles. The van der Waals surface area contributed by atoms with Gasteiger partial charge in [-0.1, -0.05) is 23.4 Å². The van der Waals surface area contributed by atoms with E-state index >= 15 is 0 Å². The topological polar surface area (TPSA) is 66.0 Å². The first-order valence-electron chi connectivity index (χ1n) is 10.2. The second-order valence-corrected chi connectivity index (χ2v) is 7.53. The normalized spacial score (nSPS) is 14.6. The Morgan fingerprint density at radius 1 is 1.03 bits per heavy atom. The first-order valence-corrected chi connectivity index (χ1v) is 10.2. The quantitative estimate of drug-likeness (QED) is 0.317. The summed E-state index contributed by atoms with van der Waals surface area (Å²) in [4.78, 5) is 8.59. The number of nitrogens with zero attached hydrogens (tertiary/aromatic N) is 4. The Labute approximate surface area is 189 Å². The standard InChI is InChI=1S/C23H15F5N4O2/c24-16-6-3-5-15(21(16)25)22-29-17-8-9-32(12-19(17)30-22)11-13-10-18(31-34-13)14-4-1-2-7-20(14)33-23(26,27)28/h1-2,4-5,7-10,12H,3,6,11H2. The molecular formula is C23H15F5N4O2. The summed E-state index contributed by atoms with van der Waals surface area (Å²) in [6.45, 7) is 0.193. The third-order valence-electron chi connectivity index (χ3n) is 5.14. The van der Waals surface area contributed by atoms with Crippen LogP contribution in [0.25, 0.3) is 28.2 Å². The number of aromatic nitrogens is 4. The number of halogens is 5. The van der Waals surface area contributed by atoms with E-state index in [9.17, 15) is 22.0 Å². The van der Waals surface area contributed by atoms with Gasteiger partial charge in [-0.05, 0) is 24.6 Å². The molecule has 174 valence electrons. The first-order chi connectivity index (χ1) is 16.3. The molecule has 0 saturated heterocycles. The minimum atomic E-state index is -4.84. The van der Waals surface area contributed by atoms with E-state index in [0.29, 0.717) is 23.6 Å². The zero-order chi connectivity index (χ0) is 23.9. The maximum absolute atomic E-state index is 14.1. The predicted molar refractivity (Wildman–Crippen MR) is 111 cm³/mol. The van der Waals surface area contributed by atoms with E-state index in [1.165, 1.54) is 24.3 Å². The van der Waals surface area contributed by atoms with Gasteiger partial charge < -0.3 is 13.8 Å². The van der Waals surface area contributed by atoms with Crippen LogP contribution in [0.5, 0.6) is 5.75 Å². The van der Waals surface area contributed by atoms with Crippen LogP contribution in [-0.2, 0) is 6.54 Å². The van der Waals surface area contributed by atoms with Crippen molar-refractivity contribution < 1.29 is 31.2 Å². The van der Waals surface area contributed by atoms with Gasteiger partial charge in [0.2, 0.25) is 0 Å². The summed E-state index contributed by atoms with van der Waals surface area (Å²) in [5.74, 6) is -1.68. The molecule has 0 atom stereocenters. The maximum Gasteiger partial charge on any atom is 0.573 e. The van der Waals surface area contributed by atoms with Crippen molar-refractivity contribution in [2.24, 2.45) is 0 Å². The number of hydrogen-bond acceptors (Lipinski definition) is 5. The van der Waals surface area contributed by atoms with Crippen LogP contribution in [0.2, 0.25) is 0 Å². The van der Waals surface area contributed by atoms with E-state index in [0.717, 1.165) is 0 Å². The lowest BCUT2D eigenvalue weighted by molar-refractivity contribution is -0.274. The van der Waals surface area contributed by atoms with Crippen molar-refractivity contribution in [3.8, 4) is 28.4 Å². The van der Waals surface area contributed by atoms with Gasteiger partial charge in [-0.3, -0.25) is 0 Å². The minimum Gasteiger partial charge on any atom is -0.405 e. The summed E-state index contributed by atoms with van der Waals surface area (Å²) in [6, 6.07) is 8.79. The molecule has 0 radical (unpaired) electrons. The van der Waals surface area contributed by atoms with Crippen LogP contribution < -0.4 is 4.74 Å². The van der Waals surface area contributed by atoms with Gasteiger partial charge in [0.05, 0.1) is 17.8 Å². The highest BCUT2D eigenvalue weighted by atomic mass is 19.4. The molecule has 0 unspecified atom stereocenters. The molecule has 2 aromatic rings. The highest BCUT2D eigenvalue weighted by Crippen LogP contribution is 2.35. The van der Waals surface area contributed by atoms with E-state index in [2.05, 4.69) is 19.9 Å². The van der Waals surface area contributed by atoms with E-state index in [-0.39, 0.29) is 35.6 Å². The van der Waals surface area contributed by atoms with Crippen LogP contribution >= 0.6 is 0 Å². The van der Waals surface area contributed by atoms with E-state index in [4.69, 9.17) is 4.52 Å². The van der Waals surface area contributed by atoms with E-state index in [1.54, 1.807) is 35.2 Å². The third kappa shape index (κ3) is 4.41. The molecule has 34 heavy (non-hydrogen) atoms. The highest BCUT2D eigenvalue weighted by molar-refractivity contribution is 5.77. The number of allylic oxidation sites excluding steroid dienone is 4. The molecule has 3 aliphatic rings. The van der Waals surface area contributed by atoms with Gasteiger partial charge >= 0.3 is 6.36 Å². The number of pyridine rings is 1. The van der Waals surface area contributed by atoms with Crippen LogP contribution in [0.1, 0.15) is 24.4 Å². The molecule has 0 N–H and O–H groups in total. The van der Waals surface area contributed by atoms with Gasteiger partial charge in [-0.2, -0.15) is 0 Å². The largest absolute Gasteiger partial charge is 0.573 e. The van der Waals surface area contributed by atoms with Crippen molar-refractivity contribution in [2.45, 2.75) is 25.7 Å². The lowest BCUT2D eigenvalue weighted by Gasteiger charge is -2.11. The Morgan fingerprint density at radius 2 is 1.82 bits per heavy atom. The Bertz CT molecular complexity index is 1390. The number of para-hydroxylation sites is 1. The fourth-order valence-corrected chi connectivity index (χ4v) is 3.64. The fraction of sp³-hybridized carbons (Fsp3) is 0.174. The number of alkyl halides is 3. The number of benzene rings is 1. The molecule has 0 amide bonds. The average Bonchev–Trinajstić information content (AvgIpc) is 3.41. The summed E-state index contributed by atoms with van der Waals surface area (Å²) in [5, 5.41) is 3.86. The number of imidazole rings is 1. The monoisotopic (exact) mass is 474 g/mol. The molecule has 1 aromatic carbocycles. The Kier molecular flexibility index (Phi) is 5.39. The second-order valence-electron chi connectivity index (χ2n) is 7.53. The molecule has 1 aromatic heterocycles. The Hall–Kier alpha value is -4.02. The predicted octanol–water partition coefficient (Wildman–Crippen LogP) is 6.31. The summed E-state index contributed by atoms with van der Waals surface area (Å²) in [6.07, 6.45) is 0.441. The number of rotatable bonds is 5. The number of ether oxygens (including phenoxy) is 1. The zero-order valence-corrected chi connectivity index (χ0v) is 17.3. The van der Waals surface area contributed by atoms with E-state index < -0.39 is 23.8 Å². The summed E-state index contributed by atoms with van der Waals surface area (Å²) >= 11 is 0. The van der Waals surface area contributed by atoms with Crippen molar-refractivity contribution in [1.82, 2.24) is 19.7 Å². The van der Waals surface area contributed by atoms with Crippen LogP contribution in [0.15, 0.2) is 71.0 Å². The van der Waals surface area contributed by atoms with Crippen molar-refractivity contribution in [3.63, 3.8) is 0 Å². The molecule has 2 aliphatic heterocycles. The van der Waals surface area contributed by atoms with Gasteiger partial charge in [-0.15, -0.1) is 13.2 Å². The van der Waals surface area contributed by atoms with Crippen LogP contribution in [-0.4, -0.2) is 26.1 Å². The van der Waals surface area contributed by atoms with Crippen molar-refractivity contribution >= 4 is 5.57 Å². The average molecular weight is 474 g/mol. The summed E-state index contributed by atoms with van der Waals surface area (Å²) < 4.78 is 76.9. The smallest absolute Gasteiger partial charge is 0.405 e. The van der Waals surface area contributed by atoms with Crippen LogP contribution in [0.3, 0.4) is 0 Å². The zero-order valence-electron chi connectivity index (χ0n) is 17.3. The maximum atomic E-state index is 14.1. The molecule has 0 spiro atoms. The molecule has 0 bridgehead atoms. The van der Waals surface area contributed by atoms with Crippen molar-refractivity contribution in [2.75, 3.05) is 0 Å². The third-order valence-corrected chi connectivity index (χ3v) is 5.14. The molecule has 0 fully saturated rings. The highest BCUT2D eigenvalue weighted by Gasteiger charge is 2.32. The number of fused-ring (bicyclic) bond motifs is 1. The molecule has 5 rings (SSSR count). The van der Waals surface area contributed by atoms with E-state index in [1.807, 2.05) is 0 Å². The van der Waals surface area contributed by atoms with Gasteiger partial charge in [0, 0.05) is 30.4 Å². The summed E-state index contributed by atoms with van der Waals surface area (Å²) in [7, 11) is 0. The Balaban J connectivity index is 1.39. The SMILES string of the molecule is FC1=C(F)C(c2nc3ccn(Cc4cc(-c5ccccc5OC(F)(F)F)no4)cc-3n2)=CCC1. The molecule has 1 aliphatic carbocycles. The molecule has 11 heteroatoms. The van der Waals surface area contributed by atoms with Crippen molar-refractivity contribution in [1.29, 1.82) is 0 Å². The van der Waals surface area contributed by atoms with Gasteiger partial charge in [0.1, 0.15) is 23.0 Å². The molecule has 0 saturated carbocycles. The molecule has 6 nitrogen and oxygen atoms in total. The van der Waals surface area contributed by atoms with Gasteiger partial charge in [-0.25, -0.2) is 18.7 Å². The Morgan fingerprint density at radius 3 is 2.65 bits per heavy atom. The first kappa shape index (κ1) is 21.8. The summed E-state index contributed by atoms with van der Waals surface area (Å²) in [5.41, 5.74) is 1.31. The van der Waals surface area contributed by atoms with Crippen LogP contribution in [0.4, 0.5) is 22.0 Å².